The van der Waals surface area contributed by atoms with E-state index in [1.165, 1.54) is 27.5 Å². The third-order valence-electron chi connectivity index (χ3n) is 4.35. The minimum Gasteiger partial charge on any atom is -0.302 e. The highest BCUT2D eigenvalue weighted by Crippen LogP contribution is 2.30. The third-order valence-corrected chi connectivity index (χ3v) is 6.57. The molecule has 8 heteroatoms. The summed E-state index contributed by atoms with van der Waals surface area (Å²) in [5, 5.41) is 3.51. The molecule has 6 nitrogen and oxygen atoms in total. The van der Waals surface area contributed by atoms with E-state index in [4.69, 9.17) is 0 Å². The van der Waals surface area contributed by atoms with Crippen molar-refractivity contribution in [2.24, 2.45) is 5.92 Å². The molecule has 1 N–H and O–H groups in total. The number of thiazole rings is 1. The van der Waals surface area contributed by atoms with Gasteiger partial charge in [-0.1, -0.05) is 17.4 Å². The van der Waals surface area contributed by atoms with E-state index in [0.717, 1.165) is 15.8 Å². The van der Waals surface area contributed by atoms with Crippen LogP contribution < -0.4 is 5.32 Å². The second kappa shape index (κ2) is 6.42. The summed E-state index contributed by atoms with van der Waals surface area (Å²) in [7, 11) is -3.17. The molecule has 2 heterocycles. The molecule has 0 atom stereocenters. The van der Waals surface area contributed by atoms with Crippen molar-refractivity contribution in [3.8, 4) is 0 Å². The molecule has 1 aliphatic heterocycles. The first-order valence-electron chi connectivity index (χ1n) is 7.88. The van der Waals surface area contributed by atoms with Crippen molar-refractivity contribution in [2.75, 3.05) is 24.7 Å². The average Bonchev–Trinajstić information content (AvgIpc) is 2.89. The van der Waals surface area contributed by atoms with Crippen LogP contribution in [-0.4, -0.2) is 43.0 Å². The van der Waals surface area contributed by atoms with Crippen LogP contribution in [0.1, 0.15) is 24.0 Å². The van der Waals surface area contributed by atoms with Crippen molar-refractivity contribution in [3.63, 3.8) is 0 Å². The molecule has 3 rings (SSSR count). The van der Waals surface area contributed by atoms with Gasteiger partial charge in [0, 0.05) is 19.0 Å². The van der Waals surface area contributed by atoms with Gasteiger partial charge in [0.1, 0.15) is 0 Å². The van der Waals surface area contributed by atoms with Gasteiger partial charge < -0.3 is 5.32 Å². The Bertz CT molecular complexity index is 881. The molecule has 0 aliphatic carbocycles. The largest absolute Gasteiger partial charge is 0.302 e. The number of carbonyl (C=O) groups is 1. The van der Waals surface area contributed by atoms with Gasteiger partial charge in [-0.05, 0) is 43.9 Å². The molecule has 1 aromatic carbocycles. The molecular weight excluding hydrogens is 346 g/mol. The van der Waals surface area contributed by atoms with Crippen molar-refractivity contribution in [1.82, 2.24) is 9.29 Å². The quantitative estimate of drug-likeness (QED) is 0.904. The number of anilines is 1. The number of carbonyl (C=O) groups excluding carboxylic acids is 1. The third kappa shape index (κ3) is 3.60. The van der Waals surface area contributed by atoms with Gasteiger partial charge in [-0.15, -0.1) is 0 Å². The maximum atomic E-state index is 12.4. The Morgan fingerprint density at radius 3 is 2.58 bits per heavy atom. The monoisotopic (exact) mass is 367 g/mol. The summed E-state index contributed by atoms with van der Waals surface area (Å²) >= 11 is 1.47. The summed E-state index contributed by atoms with van der Waals surface area (Å²) in [5.74, 6) is -0.241. The number of rotatable bonds is 3. The minimum absolute atomic E-state index is 0.0726. The van der Waals surface area contributed by atoms with E-state index in [0.29, 0.717) is 31.1 Å². The van der Waals surface area contributed by atoms with E-state index < -0.39 is 10.0 Å². The highest BCUT2D eigenvalue weighted by Gasteiger charge is 2.29. The second-order valence-corrected chi connectivity index (χ2v) is 9.39. The highest BCUT2D eigenvalue weighted by molar-refractivity contribution is 7.88. The fourth-order valence-electron chi connectivity index (χ4n) is 3.08. The van der Waals surface area contributed by atoms with Gasteiger partial charge in [-0.25, -0.2) is 17.7 Å². The minimum atomic E-state index is -3.17. The molecule has 0 saturated carbocycles. The average molecular weight is 367 g/mol. The highest BCUT2D eigenvalue weighted by atomic mass is 32.2. The summed E-state index contributed by atoms with van der Waals surface area (Å²) in [6, 6.07) is 4.15. The molecule has 0 spiro atoms. The van der Waals surface area contributed by atoms with Crippen molar-refractivity contribution < 1.29 is 13.2 Å². The SMILES string of the molecule is Cc1cc(C)c2nc(NC(=O)C3CCN(S(C)(=O)=O)CC3)sc2c1. The maximum absolute atomic E-state index is 12.4. The summed E-state index contributed by atoms with van der Waals surface area (Å²) < 4.78 is 25.6. The zero-order valence-electron chi connectivity index (χ0n) is 14.0. The topological polar surface area (TPSA) is 79.4 Å². The Morgan fingerprint density at radius 1 is 1.29 bits per heavy atom. The first-order chi connectivity index (χ1) is 11.2. The predicted octanol–water partition coefficient (Wildman–Crippen LogP) is 2.52. The molecule has 1 aromatic heterocycles. The second-order valence-electron chi connectivity index (χ2n) is 6.37. The van der Waals surface area contributed by atoms with Gasteiger partial charge in [0.05, 0.1) is 16.5 Å². The van der Waals surface area contributed by atoms with Crippen molar-refractivity contribution in [3.05, 3.63) is 23.3 Å². The van der Waals surface area contributed by atoms with Gasteiger partial charge in [0.15, 0.2) is 5.13 Å². The van der Waals surface area contributed by atoms with Crippen LogP contribution in [0.5, 0.6) is 0 Å². The summed E-state index contributed by atoms with van der Waals surface area (Å²) in [6.45, 7) is 4.85. The van der Waals surface area contributed by atoms with E-state index >= 15 is 0 Å². The van der Waals surface area contributed by atoms with Crippen LogP contribution in [-0.2, 0) is 14.8 Å². The standard InChI is InChI=1S/C16H21N3O3S2/c1-10-8-11(2)14-13(9-10)23-16(17-14)18-15(20)12-4-6-19(7-5-12)24(3,21)22/h8-9,12H,4-7H2,1-3H3,(H,17,18,20). The lowest BCUT2D eigenvalue weighted by molar-refractivity contribution is -0.120. The number of nitrogens with zero attached hydrogens (tertiary/aromatic N) is 2. The molecule has 1 amide bonds. The number of aromatic nitrogens is 1. The fourth-order valence-corrected chi connectivity index (χ4v) is 5.00. The van der Waals surface area contributed by atoms with Gasteiger partial charge in [0.2, 0.25) is 15.9 Å². The Kier molecular flexibility index (Phi) is 4.63. The van der Waals surface area contributed by atoms with Crippen LogP contribution in [0.4, 0.5) is 5.13 Å². The van der Waals surface area contributed by atoms with Crippen LogP contribution in [0.15, 0.2) is 12.1 Å². The number of sulfonamides is 1. The van der Waals surface area contributed by atoms with E-state index in [-0.39, 0.29) is 11.8 Å². The van der Waals surface area contributed by atoms with Gasteiger partial charge in [0.25, 0.3) is 0 Å². The number of piperidine rings is 1. The van der Waals surface area contributed by atoms with E-state index in [1.807, 2.05) is 13.8 Å². The molecule has 24 heavy (non-hydrogen) atoms. The van der Waals surface area contributed by atoms with Gasteiger partial charge >= 0.3 is 0 Å². The Morgan fingerprint density at radius 2 is 1.96 bits per heavy atom. The Balaban J connectivity index is 1.69. The summed E-state index contributed by atoms with van der Waals surface area (Å²) in [5.41, 5.74) is 3.20. The van der Waals surface area contributed by atoms with Crippen molar-refractivity contribution in [2.45, 2.75) is 26.7 Å². The molecule has 0 radical (unpaired) electrons. The number of benzene rings is 1. The number of aryl methyl sites for hydroxylation is 2. The van der Waals surface area contributed by atoms with Crippen LogP contribution in [0.25, 0.3) is 10.2 Å². The zero-order chi connectivity index (χ0) is 17.5. The van der Waals surface area contributed by atoms with Crippen molar-refractivity contribution >= 4 is 42.6 Å². The fraction of sp³-hybridized carbons (Fsp3) is 0.500. The number of fused-ring (bicyclic) bond motifs is 1. The normalized spacial score (nSPS) is 17.3. The van der Waals surface area contributed by atoms with E-state index in [9.17, 15) is 13.2 Å². The van der Waals surface area contributed by atoms with Gasteiger partial charge in [-0.2, -0.15) is 0 Å². The van der Waals surface area contributed by atoms with Crippen LogP contribution in [0.2, 0.25) is 0 Å². The number of amides is 1. The lowest BCUT2D eigenvalue weighted by Gasteiger charge is -2.29. The van der Waals surface area contributed by atoms with Crippen LogP contribution >= 0.6 is 11.3 Å². The lowest BCUT2D eigenvalue weighted by atomic mass is 9.97. The summed E-state index contributed by atoms with van der Waals surface area (Å²) in [4.78, 5) is 17.0. The molecular formula is C16H21N3O3S2. The smallest absolute Gasteiger partial charge is 0.229 e. The summed E-state index contributed by atoms with van der Waals surface area (Å²) in [6.07, 6.45) is 2.29. The first-order valence-corrected chi connectivity index (χ1v) is 10.5. The lowest BCUT2D eigenvalue weighted by Crippen LogP contribution is -2.40. The molecule has 1 saturated heterocycles. The molecule has 130 valence electrons. The molecule has 1 aliphatic rings. The van der Waals surface area contributed by atoms with Crippen molar-refractivity contribution in [1.29, 1.82) is 0 Å². The maximum Gasteiger partial charge on any atom is 0.229 e. The first kappa shape index (κ1) is 17.3. The number of hydrogen-bond acceptors (Lipinski definition) is 5. The zero-order valence-corrected chi connectivity index (χ0v) is 15.6. The number of nitrogens with one attached hydrogen (secondary N) is 1. The van der Waals surface area contributed by atoms with Crippen LogP contribution in [0.3, 0.4) is 0 Å². The molecule has 1 fully saturated rings. The number of hydrogen-bond donors (Lipinski definition) is 1. The molecule has 2 aromatic rings. The van der Waals surface area contributed by atoms with E-state index in [2.05, 4.69) is 22.4 Å². The Labute approximate surface area is 145 Å². The Hall–Kier alpha value is -1.51. The molecule has 0 unspecified atom stereocenters. The van der Waals surface area contributed by atoms with Crippen LogP contribution in [0, 0.1) is 19.8 Å². The van der Waals surface area contributed by atoms with Gasteiger partial charge in [-0.3, -0.25) is 4.79 Å². The molecule has 0 bridgehead atoms. The van der Waals surface area contributed by atoms with E-state index in [1.54, 1.807) is 0 Å². The predicted molar refractivity (Wildman–Crippen MR) is 96.9 cm³/mol.